The molecule has 0 atom stereocenters. The van der Waals surface area contributed by atoms with E-state index in [0.29, 0.717) is 18.1 Å². The van der Waals surface area contributed by atoms with E-state index in [-0.39, 0.29) is 0 Å². The zero-order chi connectivity index (χ0) is 19.6. The van der Waals surface area contributed by atoms with Crippen LogP contribution in [0.15, 0.2) is 36.4 Å². The van der Waals surface area contributed by atoms with Gasteiger partial charge in [0.15, 0.2) is 5.13 Å². The van der Waals surface area contributed by atoms with E-state index in [1.165, 1.54) is 22.3 Å². The van der Waals surface area contributed by atoms with E-state index in [2.05, 4.69) is 4.98 Å². The molecule has 0 saturated carbocycles. The number of benzene rings is 2. The lowest BCUT2D eigenvalue weighted by molar-refractivity contribution is 0.0978. The maximum absolute atomic E-state index is 14.2. The van der Waals surface area contributed by atoms with Crippen molar-refractivity contribution in [1.29, 1.82) is 0 Å². The second-order valence-electron chi connectivity index (χ2n) is 6.68. The molecule has 0 aliphatic rings. The lowest BCUT2D eigenvalue weighted by Gasteiger charge is -2.21. The van der Waals surface area contributed by atoms with Gasteiger partial charge in [-0.25, -0.2) is 13.8 Å². The fourth-order valence-electron chi connectivity index (χ4n) is 2.80. The van der Waals surface area contributed by atoms with Crippen LogP contribution in [0.5, 0.6) is 0 Å². The Kier molecular flexibility index (Phi) is 5.82. The van der Waals surface area contributed by atoms with Crippen molar-refractivity contribution in [2.45, 2.75) is 13.3 Å². The van der Waals surface area contributed by atoms with E-state index in [4.69, 9.17) is 0 Å². The van der Waals surface area contributed by atoms with Crippen molar-refractivity contribution < 1.29 is 13.6 Å². The monoisotopic (exact) mass is 389 g/mol. The van der Waals surface area contributed by atoms with Gasteiger partial charge in [-0.05, 0) is 63.8 Å². The van der Waals surface area contributed by atoms with Crippen LogP contribution >= 0.6 is 11.3 Å². The smallest absolute Gasteiger partial charge is 0.266 e. The van der Waals surface area contributed by atoms with E-state index in [9.17, 15) is 13.6 Å². The zero-order valence-corrected chi connectivity index (χ0v) is 16.3. The first-order valence-electron chi connectivity index (χ1n) is 8.64. The number of halogens is 2. The molecule has 0 unspecified atom stereocenters. The summed E-state index contributed by atoms with van der Waals surface area (Å²) < 4.78 is 29.3. The molecule has 142 valence electrons. The maximum Gasteiger partial charge on any atom is 0.266 e. The first-order valence-corrected chi connectivity index (χ1v) is 9.46. The van der Waals surface area contributed by atoms with Crippen LogP contribution in [0.4, 0.5) is 13.9 Å². The molecular formula is C20H21F2N3OS. The minimum absolute atomic E-state index is 0.323. The summed E-state index contributed by atoms with van der Waals surface area (Å²) in [4.78, 5) is 20.9. The standard InChI is InChI=1S/C20H21F2N3OS/c1-13-8-9-16-17(12-13)27-20(23-16)25(11-5-10-24(2)3)19(26)18-14(21)6-4-7-15(18)22/h4,6-9,12H,5,10-11H2,1-3H3. The molecular weight excluding hydrogens is 368 g/mol. The molecule has 0 fully saturated rings. The molecule has 1 heterocycles. The van der Waals surface area contributed by atoms with Gasteiger partial charge in [0.05, 0.1) is 10.2 Å². The lowest BCUT2D eigenvalue weighted by Crippen LogP contribution is -2.34. The number of rotatable bonds is 6. The first kappa shape index (κ1) is 19.4. The van der Waals surface area contributed by atoms with E-state index >= 15 is 0 Å². The summed E-state index contributed by atoms with van der Waals surface area (Å²) in [6.07, 6.45) is 0.657. The molecule has 4 nitrogen and oxygen atoms in total. The van der Waals surface area contributed by atoms with Gasteiger partial charge in [-0.2, -0.15) is 0 Å². The minimum Gasteiger partial charge on any atom is -0.309 e. The largest absolute Gasteiger partial charge is 0.309 e. The number of hydrogen-bond donors (Lipinski definition) is 0. The molecule has 3 aromatic rings. The van der Waals surface area contributed by atoms with Crippen LogP contribution in [-0.4, -0.2) is 43.0 Å². The number of aryl methyl sites for hydroxylation is 1. The second kappa shape index (κ2) is 8.10. The van der Waals surface area contributed by atoms with Crippen molar-refractivity contribution in [3.63, 3.8) is 0 Å². The summed E-state index contributed by atoms with van der Waals surface area (Å²) >= 11 is 1.35. The molecule has 2 aromatic carbocycles. The molecule has 27 heavy (non-hydrogen) atoms. The quantitative estimate of drug-likeness (QED) is 0.624. The van der Waals surface area contributed by atoms with Crippen molar-refractivity contribution in [1.82, 2.24) is 9.88 Å². The van der Waals surface area contributed by atoms with Gasteiger partial charge in [0.2, 0.25) is 0 Å². The predicted octanol–water partition coefficient (Wildman–Crippen LogP) is 4.48. The van der Waals surface area contributed by atoms with E-state index in [0.717, 1.165) is 34.5 Å². The van der Waals surface area contributed by atoms with Gasteiger partial charge in [-0.15, -0.1) is 0 Å². The molecule has 1 aromatic heterocycles. The number of hydrogen-bond acceptors (Lipinski definition) is 4. The summed E-state index contributed by atoms with van der Waals surface area (Å²) in [5.74, 6) is -2.44. The number of anilines is 1. The summed E-state index contributed by atoms with van der Waals surface area (Å²) in [7, 11) is 3.87. The average molecular weight is 389 g/mol. The fourth-order valence-corrected chi connectivity index (χ4v) is 3.89. The summed E-state index contributed by atoms with van der Waals surface area (Å²) in [5.41, 5.74) is 1.31. The highest BCUT2D eigenvalue weighted by molar-refractivity contribution is 7.22. The van der Waals surface area contributed by atoms with Gasteiger partial charge in [-0.3, -0.25) is 9.69 Å². The number of thiazole rings is 1. The van der Waals surface area contributed by atoms with Gasteiger partial charge in [0.1, 0.15) is 17.2 Å². The first-order chi connectivity index (χ1) is 12.9. The lowest BCUT2D eigenvalue weighted by atomic mass is 10.1. The normalized spacial score (nSPS) is 11.3. The second-order valence-corrected chi connectivity index (χ2v) is 7.69. The Hall–Kier alpha value is -2.38. The summed E-state index contributed by atoms with van der Waals surface area (Å²) in [5, 5.41) is 0.446. The Balaban J connectivity index is 2.00. The third kappa shape index (κ3) is 4.31. The highest BCUT2D eigenvalue weighted by atomic mass is 32.1. The highest BCUT2D eigenvalue weighted by Gasteiger charge is 2.26. The molecule has 0 bridgehead atoms. The fraction of sp³-hybridized carbons (Fsp3) is 0.300. The third-order valence-corrected chi connectivity index (χ3v) is 5.21. The Labute approximate surface area is 161 Å². The SMILES string of the molecule is Cc1ccc2nc(N(CCCN(C)C)C(=O)c3c(F)cccc3F)sc2c1. The number of amides is 1. The van der Waals surface area contributed by atoms with E-state index < -0.39 is 23.1 Å². The molecule has 1 amide bonds. The third-order valence-electron chi connectivity index (χ3n) is 4.17. The Morgan fingerprint density at radius 1 is 1.11 bits per heavy atom. The molecule has 0 saturated heterocycles. The van der Waals surface area contributed by atoms with Crippen LogP contribution in [0.1, 0.15) is 22.3 Å². The van der Waals surface area contributed by atoms with Crippen LogP contribution in [-0.2, 0) is 0 Å². The molecule has 0 spiro atoms. The molecule has 7 heteroatoms. The average Bonchev–Trinajstić information content (AvgIpc) is 3.00. The Morgan fingerprint density at radius 2 is 1.81 bits per heavy atom. The number of fused-ring (bicyclic) bond motifs is 1. The number of carbonyl (C=O) groups is 1. The van der Waals surface area contributed by atoms with E-state index in [1.54, 1.807) is 0 Å². The molecule has 0 aliphatic carbocycles. The van der Waals surface area contributed by atoms with Crippen LogP contribution in [0.25, 0.3) is 10.2 Å². The number of carbonyl (C=O) groups excluding carboxylic acids is 1. The van der Waals surface area contributed by atoms with Crippen molar-refractivity contribution in [3.8, 4) is 0 Å². The Bertz CT molecular complexity index is 951. The van der Waals surface area contributed by atoms with Crippen LogP contribution in [0.3, 0.4) is 0 Å². The van der Waals surface area contributed by atoms with Gasteiger partial charge < -0.3 is 4.90 Å². The van der Waals surface area contributed by atoms with Gasteiger partial charge >= 0.3 is 0 Å². The van der Waals surface area contributed by atoms with Crippen LogP contribution < -0.4 is 4.90 Å². The van der Waals surface area contributed by atoms with Crippen molar-refractivity contribution in [3.05, 3.63) is 59.2 Å². The molecule has 0 aliphatic heterocycles. The zero-order valence-electron chi connectivity index (χ0n) is 15.5. The van der Waals surface area contributed by atoms with Crippen molar-refractivity contribution in [2.75, 3.05) is 32.1 Å². The molecule has 3 rings (SSSR count). The highest BCUT2D eigenvalue weighted by Crippen LogP contribution is 2.31. The summed E-state index contributed by atoms with van der Waals surface area (Å²) in [6, 6.07) is 9.25. The number of nitrogens with zero attached hydrogens (tertiary/aromatic N) is 3. The maximum atomic E-state index is 14.2. The van der Waals surface area contributed by atoms with E-state index in [1.807, 2.05) is 44.1 Å². The molecule has 0 N–H and O–H groups in total. The van der Waals surface area contributed by atoms with Gasteiger partial charge in [-0.1, -0.05) is 23.5 Å². The topological polar surface area (TPSA) is 36.4 Å². The Morgan fingerprint density at radius 3 is 2.48 bits per heavy atom. The van der Waals surface area contributed by atoms with Gasteiger partial charge in [0, 0.05) is 6.54 Å². The number of aromatic nitrogens is 1. The van der Waals surface area contributed by atoms with Crippen molar-refractivity contribution in [2.24, 2.45) is 0 Å². The molecule has 0 radical (unpaired) electrons. The van der Waals surface area contributed by atoms with Crippen LogP contribution in [0, 0.1) is 18.6 Å². The minimum atomic E-state index is -0.866. The summed E-state index contributed by atoms with van der Waals surface area (Å²) in [6.45, 7) is 3.05. The predicted molar refractivity (Wildman–Crippen MR) is 106 cm³/mol. The van der Waals surface area contributed by atoms with Gasteiger partial charge in [0.25, 0.3) is 5.91 Å². The van der Waals surface area contributed by atoms with Crippen LogP contribution in [0.2, 0.25) is 0 Å². The van der Waals surface area contributed by atoms with Crippen molar-refractivity contribution >= 4 is 32.6 Å².